The largest absolute Gasteiger partial charge is 0.507 e. The Balaban J connectivity index is 1.56. The van der Waals surface area contributed by atoms with Gasteiger partial charge in [0.1, 0.15) is 17.4 Å². The van der Waals surface area contributed by atoms with Crippen LogP contribution in [-0.4, -0.2) is 32.7 Å². The number of Topliss-reactive ketones (excluding diaryl/α,β-unsaturated/α-hetero) is 2. The van der Waals surface area contributed by atoms with Gasteiger partial charge in [-0.2, -0.15) is 0 Å². The summed E-state index contributed by atoms with van der Waals surface area (Å²) in [4.78, 5) is 44.6. The summed E-state index contributed by atoms with van der Waals surface area (Å²) < 4.78 is 0. The second-order valence-corrected chi connectivity index (χ2v) is 12.3. The van der Waals surface area contributed by atoms with E-state index in [1.54, 1.807) is 36.4 Å². The Bertz CT molecular complexity index is 1690. The highest BCUT2D eigenvalue weighted by atomic mass is 16.3. The molecule has 1 heterocycles. The fourth-order valence-corrected chi connectivity index (χ4v) is 5.22. The van der Waals surface area contributed by atoms with Crippen LogP contribution < -0.4 is 5.32 Å². The van der Waals surface area contributed by atoms with Crippen LogP contribution in [0.3, 0.4) is 0 Å². The summed E-state index contributed by atoms with van der Waals surface area (Å²) in [5.41, 5.74) is 2.22. The topological polar surface area (TPSA) is 117 Å². The smallest absolute Gasteiger partial charge is 0.255 e. The molecule has 0 saturated heterocycles. The summed E-state index contributed by atoms with van der Waals surface area (Å²) in [5, 5.41) is 24.9. The highest BCUT2D eigenvalue weighted by Gasteiger charge is 2.42. The molecule has 3 N–H and O–H groups in total. The Morgan fingerprint density at radius 3 is 2.05 bits per heavy atom. The molecule has 7 nitrogen and oxygen atoms in total. The van der Waals surface area contributed by atoms with Crippen LogP contribution in [0.15, 0.2) is 60.7 Å². The number of nitrogens with zero attached hydrogens (tertiary/aromatic N) is 1. The summed E-state index contributed by atoms with van der Waals surface area (Å²) in [7, 11) is 0. The summed E-state index contributed by atoms with van der Waals surface area (Å²) in [6.45, 7) is 11.9. The third kappa shape index (κ3) is 4.51. The Labute approximate surface area is 232 Å². The van der Waals surface area contributed by atoms with Gasteiger partial charge >= 0.3 is 0 Å². The lowest BCUT2D eigenvalue weighted by molar-refractivity contribution is 0.0886. The molecule has 1 aromatic heterocycles. The molecule has 0 fully saturated rings. The van der Waals surface area contributed by atoms with E-state index in [2.05, 4.69) is 10.3 Å². The number of carbonyl (C=O) groups excluding carboxylic acids is 3. The highest BCUT2D eigenvalue weighted by Crippen LogP contribution is 2.41. The van der Waals surface area contributed by atoms with E-state index in [9.17, 15) is 24.6 Å². The number of pyridine rings is 1. The predicted molar refractivity (Wildman–Crippen MR) is 155 cm³/mol. The first kappa shape index (κ1) is 27.1. The lowest BCUT2D eigenvalue weighted by Gasteiger charge is -2.28. The van der Waals surface area contributed by atoms with Gasteiger partial charge in [0.15, 0.2) is 11.6 Å². The van der Waals surface area contributed by atoms with Gasteiger partial charge in [-0.3, -0.25) is 14.4 Å². The molecule has 0 aliphatic heterocycles. The van der Waals surface area contributed by atoms with Crippen LogP contribution in [0.2, 0.25) is 0 Å². The first-order valence-corrected chi connectivity index (χ1v) is 13.2. The number of hydrogen-bond donors (Lipinski definition) is 3. The third-order valence-electron chi connectivity index (χ3n) is 7.35. The second kappa shape index (κ2) is 9.30. The average molecular weight is 537 g/mol. The SMILES string of the molecule is CC(C)(C)c1cc(C(=O)Nc2cccc3ccc(C4C(=O)c5cccc(O)c5C4=O)nc23)cc(C(C)(C)C)c1O. The number of hydrogen-bond acceptors (Lipinski definition) is 6. The number of aromatic hydroxyl groups is 2. The number of carbonyl (C=O) groups is 3. The molecule has 7 heteroatoms. The second-order valence-electron chi connectivity index (χ2n) is 12.3. The zero-order valence-electron chi connectivity index (χ0n) is 23.4. The molecular formula is C33H32N2O5. The number of ketones is 2. The molecule has 1 atom stereocenters. The molecule has 5 rings (SSSR count). The van der Waals surface area contributed by atoms with Crippen molar-refractivity contribution in [3.05, 3.63) is 94.2 Å². The van der Waals surface area contributed by atoms with E-state index in [1.807, 2.05) is 47.6 Å². The quantitative estimate of drug-likeness (QED) is 0.252. The number of nitrogens with one attached hydrogen (secondary N) is 1. The Morgan fingerprint density at radius 1 is 0.825 bits per heavy atom. The molecule has 40 heavy (non-hydrogen) atoms. The van der Waals surface area contributed by atoms with Gasteiger partial charge in [-0.05, 0) is 41.2 Å². The monoisotopic (exact) mass is 536 g/mol. The van der Waals surface area contributed by atoms with Crippen LogP contribution >= 0.6 is 0 Å². The molecule has 0 saturated carbocycles. The number of rotatable bonds is 3. The van der Waals surface area contributed by atoms with Crippen molar-refractivity contribution >= 4 is 34.1 Å². The number of fused-ring (bicyclic) bond motifs is 2. The number of aromatic nitrogens is 1. The fourth-order valence-electron chi connectivity index (χ4n) is 5.22. The van der Waals surface area contributed by atoms with Crippen LogP contribution in [0.25, 0.3) is 10.9 Å². The van der Waals surface area contributed by atoms with Gasteiger partial charge in [-0.1, -0.05) is 71.9 Å². The Hall–Kier alpha value is -4.52. The van der Waals surface area contributed by atoms with Crippen molar-refractivity contribution in [2.24, 2.45) is 0 Å². The molecule has 0 radical (unpaired) electrons. The normalized spacial score (nSPS) is 15.4. The molecule has 3 aromatic carbocycles. The van der Waals surface area contributed by atoms with E-state index in [-0.39, 0.29) is 34.2 Å². The van der Waals surface area contributed by atoms with Gasteiger partial charge in [-0.25, -0.2) is 4.98 Å². The van der Waals surface area contributed by atoms with Gasteiger partial charge < -0.3 is 15.5 Å². The minimum atomic E-state index is -1.17. The first-order valence-electron chi connectivity index (χ1n) is 13.2. The molecule has 1 unspecified atom stereocenters. The van der Waals surface area contributed by atoms with Crippen LogP contribution in [0.1, 0.15) is 95.4 Å². The van der Waals surface area contributed by atoms with Crippen LogP contribution in [0, 0.1) is 0 Å². The van der Waals surface area contributed by atoms with E-state index in [0.29, 0.717) is 27.9 Å². The van der Waals surface area contributed by atoms with Crippen molar-refractivity contribution in [1.82, 2.24) is 4.98 Å². The highest BCUT2D eigenvalue weighted by molar-refractivity contribution is 6.30. The van der Waals surface area contributed by atoms with Crippen LogP contribution in [-0.2, 0) is 10.8 Å². The molecule has 204 valence electrons. The van der Waals surface area contributed by atoms with Crippen LogP contribution in [0.5, 0.6) is 11.5 Å². The molecule has 1 aliphatic carbocycles. The van der Waals surface area contributed by atoms with E-state index in [0.717, 1.165) is 5.39 Å². The first-order chi connectivity index (χ1) is 18.7. The lowest BCUT2D eigenvalue weighted by Crippen LogP contribution is -2.21. The predicted octanol–water partition coefficient (Wildman–Crippen LogP) is 6.66. The Morgan fingerprint density at radius 2 is 1.45 bits per heavy atom. The van der Waals surface area contributed by atoms with Crippen molar-refractivity contribution < 1.29 is 24.6 Å². The van der Waals surface area contributed by atoms with E-state index < -0.39 is 28.3 Å². The number of para-hydroxylation sites is 1. The molecule has 1 amide bonds. The third-order valence-corrected chi connectivity index (χ3v) is 7.35. The standard InChI is InChI=1S/C33H32N2O5/c1-32(2,3)20-15-18(16-21(29(20)38)33(4,5)6)31(40)35-23-11-7-9-17-13-14-22(34-27(17)23)26-28(37)19-10-8-12-24(36)25(19)30(26)39/h7-16,26,36,38H,1-6H3,(H,35,40). The van der Waals surface area contributed by atoms with Gasteiger partial charge in [0.25, 0.3) is 5.91 Å². The molecular weight excluding hydrogens is 504 g/mol. The van der Waals surface area contributed by atoms with Gasteiger partial charge in [0, 0.05) is 27.6 Å². The molecule has 1 aliphatic rings. The van der Waals surface area contributed by atoms with Crippen LogP contribution in [0.4, 0.5) is 5.69 Å². The summed E-state index contributed by atoms with van der Waals surface area (Å²) in [6, 6.07) is 16.6. The van der Waals surface area contributed by atoms with Crippen molar-refractivity contribution in [2.45, 2.75) is 58.3 Å². The zero-order chi connectivity index (χ0) is 29.1. The number of phenolic OH excluding ortho intramolecular Hbond substituents is 2. The number of amides is 1. The van der Waals surface area contributed by atoms with Gasteiger partial charge in [0.05, 0.1) is 22.5 Å². The van der Waals surface area contributed by atoms with Crippen molar-refractivity contribution in [3.8, 4) is 11.5 Å². The molecule has 0 spiro atoms. The molecule has 0 bridgehead atoms. The Kier molecular flexibility index (Phi) is 6.29. The molecule has 4 aromatic rings. The minimum Gasteiger partial charge on any atom is -0.507 e. The van der Waals surface area contributed by atoms with Crippen molar-refractivity contribution in [2.75, 3.05) is 5.32 Å². The maximum atomic E-state index is 13.6. The number of phenols is 2. The number of anilines is 1. The maximum Gasteiger partial charge on any atom is 0.255 e. The van der Waals surface area contributed by atoms with E-state index >= 15 is 0 Å². The minimum absolute atomic E-state index is 0.0117. The van der Waals surface area contributed by atoms with E-state index in [1.165, 1.54) is 18.2 Å². The zero-order valence-corrected chi connectivity index (χ0v) is 23.4. The van der Waals surface area contributed by atoms with Gasteiger partial charge in [-0.15, -0.1) is 0 Å². The summed E-state index contributed by atoms with van der Waals surface area (Å²) >= 11 is 0. The van der Waals surface area contributed by atoms with Gasteiger partial charge in [0.2, 0.25) is 0 Å². The average Bonchev–Trinajstić information content (AvgIpc) is 3.13. The lowest BCUT2D eigenvalue weighted by atomic mass is 9.78. The summed E-state index contributed by atoms with van der Waals surface area (Å²) in [5.74, 6) is -2.51. The summed E-state index contributed by atoms with van der Waals surface area (Å²) in [6.07, 6.45) is 0. The van der Waals surface area contributed by atoms with Crippen molar-refractivity contribution in [1.29, 1.82) is 0 Å². The van der Waals surface area contributed by atoms with E-state index in [4.69, 9.17) is 0 Å². The van der Waals surface area contributed by atoms with Crippen molar-refractivity contribution in [3.63, 3.8) is 0 Å². The fraction of sp³-hybridized carbons (Fsp3) is 0.273. The number of benzene rings is 3. The maximum absolute atomic E-state index is 13.6.